The molecule has 3 N–H and O–H groups in total. The monoisotopic (exact) mass is 377 g/mol. The number of rotatable bonds is 3. The quantitative estimate of drug-likeness (QED) is 0.838. The Hall–Kier alpha value is -1.32. The Morgan fingerprint density at radius 2 is 2.08 bits per heavy atom. The lowest BCUT2D eigenvalue weighted by Gasteiger charge is -2.41. The van der Waals surface area contributed by atoms with Gasteiger partial charge in [-0.2, -0.15) is 0 Å². The second-order valence-corrected chi connectivity index (χ2v) is 8.82. The third kappa shape index (κ3) is 3.70. The molecule has 0 aliphatic carbocycles. The summed E-state index contributed by atoms with van der Waals surface area (Å²) >= 11 is 1.54. The highest BCUT2D eigenvalue weighted by Crippen LogP contribution is 2.32. The van der Waals surface area contributed by atoms with Gasteiger partial charge in [0.05, 0.1) is 35.2 Å². The molecule has 142 valence electrons. The summed E-state index contributed by atoms with van der Waals surface area (Å²) in [5.74, 6) is 0.736. The van der Waals surface area contributed by atoms with Crippen molar-refractivity contribution in [2.45, 2.75) is 44.6 Å². The molecule has 0 saturated carbocycles. The minimum atomic E-state index is -0.856. The maximum absolute atomic E-state index is 10.2. The molecule has 2 aromatic heterocycles. The number of fused-ring (bicyclic) bond motifs is 1. The molecule has 8 heteroatoms. The first-order valence-corrected chi connectivity index (χ1v) is 10.1. The average Bonchev–Trinajstić information content (AvgIpc) is 3.06. The topological polar surface area (TPSA) is 87.7 Å². The van der Waals surface area contributed by atoms with Crippen molar-refractivity contribution in [3.05, 3.63) is 17.1 Å². The van der Waals surface area contributed by atoms with E-state index in [1.165, 1.54) is 0 Å². The van der Waals surface area contributed by atoms with Crippen molar-refractivity contribution in [1.29, 1.82) is 0 Å². The van der Waals surface area contributed by atoms with Gasteiger partial charge in [0.25, 0.3) is 0 Å². The van der Waals surface area contributed by atoms with E-state index >= 15 is 0 Å². The number of piperidine rings is 1. The van der Waals surface area contributed by atoms with Crippen LogP contribution in [0.4, 0.5) is 5.95 Å². The van der Waals surface area contributed by atoms with Gasteiger partial charge in [0, 0.05) is 30.6 Å². The van der Waals surface area contributed by atoms with Crippen molar-refractivity contribution in [2.75, 3.05) is 37.7 Å². The number of aromatic nitrogens is 2. The van der Waals surface area contributed by atoms with Gasteiger partial charge in [0.1, 0.15) is 6.23 Å². The Bertz CT molecular complexity index is 767. The molecule has 7 nitrogen and oxygen atoms in total. The van der Waals surface area contributed by atoms with E-state index in [9.17, 15) is 5.11 Å². The highest BCUT2D eigenvalue weighted by atomic mass is 32.1. The number of nitrogens with two attached hydrogens (primary N) is 1. The summed E-state index contributed by atoms with van der Waals surface area (Å²) in [6, 6.07) is 2.29. The van der Waals surface area contributed by atoms with E-state index in [1.807, 2.05) is 12.3 Å². The van der Waals surface area contributed by atoms with Gasteiger partial charge in [-0.05, 0) is 32.8 Å². The molecule has 1 unspecified atom stereocenters. The number of aliphatic hydroxyl groups is 1. The number of anilines is 1. The van der Waals surface area contributed by atoms with Crippen LogP contribution < -0.4 is 10.6 Å². The van der Waals surface area contributed by atoms with Crippen molar-refractivity contribution in [3.63, 3.8) is 0 Å². The predicted octanol–water partition coefficient (Wildman–Crippen LogP) is 1.50. The molecular weight excluding hydrogens is 350 g/mol. The SMILES string of the molecule is CC(C)(O)c1cc2nc(N3CCOC(N4CCC(N)CC4)C3)ncc2s1. The predicted molar refractivity (Wildman–Crippen MR) is 103 cm³/mol. The first-order chi connectivity index (χ1) is 12.4. The molecule has 0 amide bonds. The fourth-order valence-corrected chi connectivity index (χ4v) is 4.50. The van der Waals surface area contributed by atoms with Crippen LogP contribution in [0.3, 0.4) is 0 Å². The van der Waals surface area contributed by atoms with E-state index in [2.05, 4.69) is 14.8 Å². The Morgan fingerprint density at radius 1 is 1.31 bits per heavy atom. The lowest BCUT2D eigenvalue weighted by Crippen LogP contribution is -2.54. The van der Waals surface area contributed by atoms with Crippen LogP contribution in [0.2, 0.25) is 0 Å². The largest absolute Gasteiger partial charge is 0.385 e. The van der Waals surface area contributed by atoms with E-state index < -0.39 is 5.60 Å². The highest BCUT2D eigenvalue weighted by molar-refractivity contribution is 7.19. The molecule has 2 aromatic rings. The Balaban J connectivity index is 1.51. The lowest BCUT2D eigenvalue weighted by atomic mass is 10.1. The fourth-order valence-electron chi connectivity index (χ4n) is 3.52. The first-order valence-electron chi connectivity index (χ1n) is 9.26. The van der Waals surface area contributed by atoms with Gasteiger partial charge < -0.3 is 20.5 Å². The second kappa shape index (κ2) is 7.01. The number of thiophene rings is 1. The third-order valence-corrected chi connectivity index (χ3v) is 6.54. The molecule has 0 aromatic carbocycles. The molecule has 2 saturated heterocycles. The van der Waals surface area contributed by atoms with Crippen LogP contribution in [0.25, 0.3) is 10.2 Å². The standard InChI is InChI=1S/C18H27N5O2S/c1-18(2,24)15-9-13-14(26-15)10-20-17(21-13)23-7-8-25-16(11-23)22-5-3-12(19)4-6-22/h9-10,12,16,24H,3-8,11,19H2,1-2H3. The molecule has 26 heavy (non-hydrogen) atoms. The summed E-state index contributed by atoms with van der Waals surface area (Å²) in [5.41, 5.74) is 6.05. The summed E-state index contributed by atoms with van der Waals surface area (Å²) in [6.45, 7) is 7.79. The van der Waals surface area contributed by atoms with Gasteiger partial charge in [-0.3, -0.25) is 4.90 Å². The zero-order valence-corrected chi connectivity index (χ0v) is 16.2. The van der Waals surface area contributed by atoms with Crippen LogP contribution in [-0.2, 0) is 10.3 Å². The minimum Gasteiger partial charge on any atom is -0.385 e. The summed E-state index contributed by atoms with van der Waals surface area (Å²) < 4.78 is 7.00. The van der Waals surface area contributed by atoms with Crippen molar-refractivity contribution in [3.8, 4) is 0 Å². The van der Waals surface area contributed by atoms with Gasteiger partial charge in [0.15, 0.2) is 0 Å². The van der Waals surface area contributed by atoms with Gasteiger partial charge in [-0.1, -0.05) is 0 Å². The number of nitrogens with zero attached hydrogens (tertiary/aromatic N) is 4. The maximum Gasteiger partial charge on any atom is 0.226 e. The van der Waals surface area contributed by atoms with Crippen molar-refractivity contribution < 1.29 is 9.84 Å². The fraction of sp³-hybridized carbons (Fsp3) is 0.667. The second-order valence-electron chi connectivity index (χ2n) is 7.73. The molecular formula is C18H27N5O2S. The number of hydrogen-bond donors (Lipinski definition) is 2. The Morgan fingerprint density at radius 3 is 2.81 bits per heavy atom. The van der Waals surface area contributed by atoms with Crippen molar-refractivity contribution >= 4 is 27.5 Å². The van der Waals surface area contributed by atoms with E-state index in [0.29, 0.717) is 12.6 Å². The number of hydrogen-bond acceptors (Lipinski definition) is 8. The summed E-state index contributed by atoms with van der Waals surface area (Å²) in [4.78, 5) is 14.8. The van der Waals surface area contributed by atoms with E-state index in [-0.39, 0.29) is 6.23 Å². The molecule has 0 spiro atoms. The Labute approximate surface area is 157 Å². The highest BCUT2D eigenvalue weighted by Gasteiger charge is 2.30. The smallest absolute Gasteiger partial charge is 0.226 e. The van der Waals surface area contributed by atoms with Crippen LogP contribution in [0.1, 0.15) is 31.6 Å². The van der Waals surface area contributed by atoms with Crippen LogP contribution >= 0.6 is 11.3 Å². The molecule has 4 rings (SSSR count). The van der Waals surface area contributed by atoms with Crippen LogP contribution in [0, 0.1) is 0 Å². The molecule has 2 fully saturated rings. The van der Waals surface area contributed by atoms with Gasteiger partial charge in [-0.15, -0.1) is 11.3 Å². The third-order valence-electron chi connectivity index (χ3n) is 5.17. The number of likely N-dealkylation sites (tertiary alicyclic amines) is 1. The van der Waals surface area contributed by atoms with E-state index in [1.54, 1.807) is 25.2 Å². The van der Waals surface area contributed by atoms with E-state index in [0.717, 1.165) is 60.1 Å². The zero-order chi connectivity index (χ0) is 18.3. The van der Waals surface area contributed by atoms with Gasteiger partial charge in [0.2, 0.25) is 5.95 Å². The molecule has 0 radical (unpaired) electrons. The molecule has 4 heterocycles. The number of ether oxygens (including phenoxy) is 1. The van der Waals surface area contributed by atoms with Crippen LogP contribution in [-0.4, -0.2) is 65.0 Å². The van der Waals surface area contributed by atoms with Crippen molar-refractivity contribution in [1.82, 2.24) is 14.9 Å². The molecule has 1 atom stereocenters. The number of morpholine rings is 1. The van der Waals surface area contributed by atoms with Crippen LogP contribution in [0.15, 0.2) is 12.3 Å². The minimum absolute atomic E-state index is 0.0740. The van der Waals surface area contributed by atoms with E-state index in [4.69, 9.17) is 15.5 Å². The molecule has 2 aliphatic heterocycles. The molecule has 2 aliphatic rings. The lowest BCUT2D eigenvalue weighted by molar-refractivity contribution is -0.0751. The zero-order valence-electron chi connectivity index (χ0n) is 15.4. The Kier molecular flexibility index (Phi) is 4.87. The first kappa shape index (κ1) is 18.1. The van der Waals surface area contributed by atoms with Crippen LogP contribution in [0.5, 0.6) is 0 Å². The summed E-state index contributed by atoms with van der Waals surface area (Å²) in [7, 11) is 0. The van der Waals surface area contributed by atoms with Gasteiger partial charge in [-0.25, -0.2) is 9.97 Å². The average molecular weight is 378 g/mol. The summed E-state index contributed by atoms with van der Waals surface area (Å²) in [6.07, 6.45) is 3.99. The normalized spacial score (nSPS) is 23.7. The van der Waals surface area contributed by atoms with Crippen molar-refractivity contribution in [2.24, 2.45) is 5.73 Å². The van der Waals surface area contributed by atoms with Gasteiger partial charge >= 0.3 is 0 Å². The summed E-state index contributed by atoms with van der Waals surface area (Å²) in [5, 5.41) is 10.2. The molecule has 0 bridgehead atoms. The maximum atomic E-state index is 10.2.